The van der Waals surface area contributed by atoms with Gasteiger partial charge in [-0.05, 0) is 51.5 Å². The van der Waals surface area contributed by atoms with Crippen molar-refractivity contribution in [2.45, 2.75) is 49.8 Å². The lowest BCUT2D eigenvalue weighted by Gasteiger charge is -2.27. The molecular formula is C17H23ClN2O6S. The van der Waals surface area contributed by atoms with Gasteiger partial charge in [0, 0.05) is 17.6 Å². The van der Waals surface area contributed by atoms with Crippen molar-refractivity contribution in [3.8, 4) is 0 Å². The highest BCUT2D eigenvalue weighted by molar-refractivity contribution is 7.89. The summed E-state index contributed by atoms with van der Waals surface area (Å²) in [5.41, 5.74) is -0.751. The van der Waals surface area contributed by atoms with E-state index in [-0.39, 0.29) is 17.9 Å². The second kappa shape index (κ2) is 8.04. The number of esters is 1. The summed E-state index contributed by atoms with van der Waals surface area (Å²) in [6.45, 7) is 5.10. The largest absolute Gasteiger partial charge is 0.467 e. The Balaban J connectivity index is 2.18. The van der Waals surface area contributed by atoms with Gasteiger partial charge < -0.3 is 9.47 Å². The lowest BCUT2D eigenvalue weighted by atomic mass is 10.2. The van der Waals surface area contributed by atoms with Gasteiger partial charge in [-0.15, -0.1) is 0 Å². The minimum Gasteiger partial charge on any atom is -0.467 e. The molecule has 1 amide bonds. The second-order valence-corrected chi connectivity index (χ2v) is 9.33. The van der Waals surface area contributed by atoms with Crippen molar-refractivity contribution in [3.63, 3.8) is 0 Å². The van der Waals surface area contributed by atoms with Crippen LogP contribution in [0.5, 0.6) is 0 Å². The molecular weight excluding hydrogens is 396 g/mol. The predicted octanol–water partition coefficient (Wildman–Crippen LogP) is 2.17. The predicted molar refractivity (Wildman–Crippen MR) is 98.9 cm³/mol. The minimum absolute atomic E-state index is 0.0124. The monoisotopic (exact) mass is 418 g/mol. The standard InChI is InChI=1S/C17H23ClN2O6S/c1-17(2,3)26-16(22)20-10-12(9-14(20)15(21)25-4)19-27(23,24)13-7-5-11(18)6-8-13/h5-8,12,14,19H,9-10H2,1-4H3/t12-,14+/m1/s1. The van der Waals surface area contributed by atoms with Crippen LogP contribution < -0.4 is 4.72 Å². The number of nitrogens with zero attached hydrogens (tertiary/aromatic N) is 1. The van der Waals surface area contributed by atoms with Crippen LogP contribution in [-0.2, 0) is 24.3 Å². The average molecular weight is 419 g/mol. The molecule has 150 valence electrons. The number of sulfonamides is 1. The van der Waals surface area contributed by atoms with Crippen molar-refractivity contribution in [1.82, 2.24) is 9.62 Å². The van der Waals surface area contributed by atoms with Gasteiger partial charge in [0.1, 0.15) is 11.6 Å². The molecule has 10 heteroatoms. The zero-order chi connectivity index (χ0) is 20.4. The number of benzene rings is 1. The van der Waals surface area contributed by atoms with E-state index in [1.54, 1.807) is 20.8 Å². The number of hydrogen-bond donors (Lipinski definition) is 1. The van der Waals surface area contributed by atoms with Gasteiger partial charge in [-0.3, -0.25) is 4.90 Å². The summed E-state index contributed by atoms with van der Waals surface area (Å²) >= 11 is 5.78. The molecule has 1 aliphatic rings. The Morgan fingerprint density at radius 1 is 1.22 bits per heavy atom. The molecule has 0 radical (unpaired) electrons. The second-order valence-electron chi connectivity index (χ2n) is 7.18. The SMILES string of the molecule is COC(=O)[C@@H]1C[C@@H](NS(=O)(=O)c2ccc(Cl)cc2)CN1C(=O)OC(C)(C)C. The number of nitrogens with one attached hydrogen (secondary N) is 1. The molecule has 1 saturated heterocycles. The Morgan fingerprint density at radius 3 is 2.33 bits per heavy atom. The first-order valence-corrected chi connectivity index (χ1v) is 10.1. The van der Waals surface area contributed by atoms with Gasteiger partial charge >= 0.3 is 12.1 Å². The molecule has 2 atom stereocenters. The lowest BCUT2D eigenvalue weighted by Crippen LogP contribution is -2.44. The summed E-state index contributed by atoms with van der Waals surface area (Å²) in [4.78, 5) is 25.7. The van der Waals surface area contributed by atoms with E-state index >= 15 is 0 Å². The number of halogens is 1. The highest BCUT2D eigenvalue weighted by Crippen LogP contribution is 2.24. The van der Waals surface area contributed by atoms with Crippen LogP contribution in [0.2, 0.25) is 5.02 Å². The number of likely N-dealkylation sites (tertiary alicyclic amines) is 1. The number of methoxy groups -OCH3 is 1. The number of carbonyl (C=O) groups excluding carboxylic acids is 2. The highest BCUT2D eigenvalue weighted by atomic mass is 35.5. The number of hydrogen-bond acceptors (Lipinski definition) is 6. The third-order valence-electron chi connectivity index (χ3n) is 3.85. The summed E-state index contributed by atoms with van der Waals surface area (Å²) < 4.78 is 37.7. The van der Waals surface area contributed by atoms with Gasteiger partial charge in [-0.1, -0.05) is 11.6 Å². The molecule has 0 spiro atoms. The van der Waals surface area contributed by atoms with E-state index in [1.807, 2.05) is 0 Å². The third kappa shape index (κ3) is 5.57. The van der Waals surface area contributed by atoms with Crippen LogP contribution in [0.1, 0.15) is 27.2 Å². The van der Waals surface area contributed by atoms with Gasteiger partial charge in [0.25, 0.3) is 0 Å². The fourth-order valence-electron chi connectivity index (χ4n) is 2.70. The Labute approximate surface area is 163 Å². The maximum absolute atomic E-state index is 12.5. The quantitative estimate of drug-likeness (QED) is 0.752. The zero-order valence-corrected chi connectivity index (χ0v) is 17.1. The first-order chi connectivity index (χ1) is 12.4. The fraction of sp³-hybridized carbons (Fsp3) is 0.529. The summed E-state index contributed by atoms with van der Waals surface area (Å²) in [5.74, 6) is -0.631. The summed E-state index contributed by atoms with van der Waals surface area (Å²) in [5, 5.41) is 0.414. The van der Waals surface area contributed by atoms with E-state index in [0.29, 0.717) is 5.02 Å². The Hall–Kier alpha value is -1.84. The first-order valence-electron chi connectivity index (χ1n) is 8.28. The molecule has 27 heavy (non-hydrogen) atoms. The van der Waals surface area contributed by atoms with Crippen molar-refractivity contribution in [1.29, 1.82) is 0 Å². The highest BCUT2D eigenvalue weighted by Gasteiger charge is 2.43. The van der Waals surface area contributed by atoms with Crippen LogP contribution in [0.25, 0.3) is 0 Å². The van der Waals surface area contributed by atoms with Crippen molar-refractivity contribution in [3.05, 3.63) is 29.3 Å². The smallest absolute Gasteiger partial charge is 0.411 e. The Bertz CT molecular complexity index is 804. The number of carbonyl (C=O) groups is 2. The van der Waals surface area contributed by atoms with E-state index in [1.165, 1.54) is 36.3 Å². The van der Waals surface area contributed by atoms with E-state index in [2.05, 4.69) is 4.72 Å². The molecule has 1 aliphatic heterocycles. The van der Waals surface area contributed by atoms with Gasteiger partial charge in [-0.2, -0.15) is 0 Å². The molecule has 2 rings (SSSR count). The molecule has 0 unspecified atom stereocenters. The average Bonchev–Trinajstić information content (AvgIpc) is 2.96. The number of ether oxygens (including phenoxy) is 2. The minimum atomic E-state index is -3.84. The van der Waals surface area contributed by atoms with E-state index in [0.717, 1.165) is 0 Å². The van der Waals surface area contributed by atoms with Crippen LogP contribution >= 0.6 is 11.6 Å². The van der Waals surface area contributed by atoms with Crippen LogP contribution in [0.4, 0.5) is 4.79 Å². The molecule has 1 heterocycles. The first kappa shape index (κ1) is 21.5. The maximum Gasteiger partial charge on any atom is 0.411 e. The summed E-state index contributed by atoms with van der Waals surface area (Å²) in [7, 11) is -2.63. The molecule has 1 N–H and O–H groups in total. The Kier molecular flexibility index (Phi) is 6.39. The van der Waals surface area contributed by atoms with E-state index in [4.69, 9.17) is 21.1 Å². The Morgan fingerprint density at radius 2 is 1.81 bits per heavy atom. The van der Waals surface area contributed by atoms with Gasteiger partial charge in [0.2, 0.25) is 10.0 Å². The van der Waals surface area contributed by atoms with Crippen LogP contribution in [0.3, 0.4) is 0 Å². The zero-order valence-electron chi connectivity index (χ0n) is 15.6. The molecule has 1 fully saturated rings. The number of rotatable bonds is 4. The van der Waals surface area contributed by atoms with Crippen LogP contribution in [-0.4, -0.2) is 56.7 Å². The lowest BCUT2D eigenvalue weighted by molar-refractivity contribution is -0.145. The topological polar surface area (TPSA) is 102 Å². The third-order valence-corrected chi connectivity index (χ3v) is 5.64. The van der Waals surface area contributed by atoms with E-state index < -0.39 is 39.8 Å². The summed E-state index contributed by atoms with van der Waals surface area (Å²) in [6, 6.07) is 4.10. The molecule has 0 aliphatic carbocycles. The van der Waals surface area contributed by atoms with Gasteiger partial charge in [-0.25, -0.2) is 22.7 Å². The fourth-order valence-corrected chi connectivity index (χ4v) is 4.07. The normalized spacial score (nSPS) is 20.4. The molecule has 1 aromatic rings. The van der Waals surface area contributed by atoms with Crippen LogP contribution in [0.15, 0.2) is 29.2 Å². The van der Waals surface area contributed by atoms with Crippen molar-refractivity contribution >= 4 is 33.7 Å². The molecule has 0 aromatic heterocycles. The molecule has 0 bridgehead atoms. The molecule has 8 nitrogen and oxygen atoms in total. The van der Waals surface area contributed by atoms with Crippen LogP contribution in [0, 0.1) is 0 Å². The summed E-state index contributed by atoms with van der Waals surface area (Å²) in [6.07, 6.45) is -0.621. The molecule has 1 aromatic carbocycles. The van der Waals surface area contributed by atoms with Crippen molar-refractivity contribution in [2.24, 2.45) is 0 Å². The molecule has 0 saturated carbocycles. The van der Waals surface area contributed by atoms with E-state index in [9.17, 15) is 18.0 Å². The van der Waals surface area contributed by atoms with Crippen molar-refractivity contribution < 1.29 is 27.5 Å². The maximum atomic E-state index is 12.5. The van der Waals surface area contributed by atoms with Crippen molar-refractivity contribution in [2.75, 3.05) is 13.7 Å². The number of amides is 1. The van der Waals surface area contributed by atoms with Gasteiger partial charge in [0.15, 0.2) is 0 Å². The van der Waals surface area contributed by atoms with Gasteiger partial charge in [0.05, 0.1) is 12.0 Å².